The van der Waals surface area contributed by atoms with Gasteiger partial charge in [0.1, 0.15) is 0 Å². The molecule has 1 fully saturated rings. The molecule has 0 amide bonds. The van der Waals surface area contributed by atoms with Crippen LogP contribution in [0.3, 0.4) is 0 Å². The molecular formula is C17H24N2S. The minimum Gasteiger partial charge on any atom is -0.382 e. The molecule has 3 unspecified atom stereocenters. The Morgan fingerprint density at radius 3 is 2.95 bits per heavy atom. The Bertz CT molecular complexity index is 575. The lowest BCUT2D eigenvalue weighted by molar-refractivity contribution is 0.212. The summed E-state index contributed by atoms with van der Waals surface area (Å²) in [5, 5.41) is 3.80. The maximum absolute atomic E-state index is 4.35. The molecule has 108 valence electrons. The van der Waals surface area contributed by atoms with E-state index in [1.54, 1.807) is 11.3 Å². The minimum absolute atomic E-state index is 0.615. The fraction of sp³-hybridized carbons (Fsp3) is 0.588. The van der Waals surface area contributed by atoms with Crippen molar-refractivity contribution in [1.82, 2.24) is 4.98 Å². The minimum atomic E-state index is 0.615. The number of aromatic nitrogens is 1. The summed E-state index contributed by atoms with van der Waals surface area (Å²) in [6.45, 7) is 7.11. The van der Waals surface area contributed by atoms with Gasteiger partial charge in [-0.05, 0) is 48.8 Å². The van der Waals surface area contributed by atoms with Gasteiger partial charge in [0.2, 0.25) is 0 Å². The number of rotatable bonds is 3. The van der Waals surface area contributed by atoms with Crippen molar-refractivity contribution >= 4 is 27.2 Å². The lowest BCUT2D eigenvalue weighted by Gasteiger charge is -2.38. The molecule has 1 aromatic carbocycles. The van der Waals surface area contributed by atoms with Crippen LogP contribution in [0.4, 0.5) is 5.69 Å². The van der Waals surface area contributed by atoms with Gasteiger partial charge in [-0.15, -0.1) is 11.3 Å². The Hall–Kier alpha value is -1.09. The Morgan fingerprint density at radius 2 is 2.15 bits per heavy atom. The Kier molecular flexibility index (Phi) is 3.97. The first kappa shape index (κ1) is 13.9. The first-order valence-electron chi connectivity index (χ1n) is 7.73. The lowest BCUT2D eigenvalue weighted by atomic mass is 9.74. The van der Waals surface area contributed by atoms with E-state index in [9.17, 15) is 0 Å². The van der Waals surface area contributed by atoms with Crippen molar-refractivity contribution in [2.24, 2.45) is 17.8 Å². The van der Waals surface area contributed by atoms with Crippen LogP contribution < -0.4 is 5.32 Å². The highest BCUT2D eigenvalue weighted by molar-refractivity contribution is 7.16. The highest BCUT2D eigenvalue weighted by atomic mass is 32.1. The summed E-state index contributed by atoms with van der Waals surface area (Å²) in [5.41, 5.74) is 4.29. The van der Waals surface area contributed by atoms with E-state index < -0.39 is 0 Å². The Balaban J connectivity index is 1.79. The Labute approximate surface area is 125 Å². The summed E-state index contributed by atoms with van der Waals surface area (Å²) in [5.74, 6) is 2.39. The van der Waals surface area contributed by atoms with Crippen LogP contribution in [0, 0.1) is 17.8 Å². The highest BCUT2D eigenvalue weighted by Gasteiger charge is 2.30. The maximum atomic E-state index is 4.35. The zero-order valence-electron chi connectivity index (χ0n) is 12.6. The van der Waals surface area contributed by atoms with Gasteiger partial charge in [-0.2, -0.15) is 0 Å². The molecule has 0 bridgehead atoms. The van der Waals surface area contributed by atoms with E-state index in [0.717, 1.165) is 23.3 Å². The largest absolute Gasteiger partial charge is 0.382 e. The number of nitrogens with one attached hydrogen (secondary N) is 1. The number of thiazole rings is 1. The van der Waals surface area contributed by atoms with E-state index in [1.807, 2.05) is 5.51 Å². The average Bonchev–Trinajstić information content (AvgIpc) is 2.85. The molecule has 0 aliphatic heterocycles. The van der Waals surface area contributed by atoms with Crippen LogP contribution in [-0.2, 0) is 0 Å². The molecule has 3 rings (SSSR count). The number of fused-ring (bicyclic) bond motifs is 1. The van der Waals surface area contributed by atoms with Crippen molar-refractivity contribution in [3.8, 4) is 0 Å². The number of benzene rings is 1. The number of hydrogen-bond acceptors (Lipinski definition) is 3. The van der Waals surface area contributed by atoms with Crippen LogP contribution >= 0.6 is 11.3 Å². The molecule has 1 aromatic heterocycles. The van der Waals surface area contributed by atoms with Gasteiger partial charge in [-0.1, -0.05) is 27.2 Å². The molecule has 1 saturated carbocycles. The van der Waals surface area contributed by atoms with E-state index in [1.165, 1.54) is 29.6 Å². The van der Waals surface area contributed by atoms with Gasteiger partial charge < -0.3 is 5.32 Å². The van der Waals surface area contributed by atoms with Crippen molar-refractivity contribution in [3.05, 3.63) is 23.7 Å². The molecule has 1 aliphatic rings. The predicted octanol–water partition coefficient (Wildman–Crippen LogP) is 5.17. The van der Waals surface area contributed by atoms with Gasteiger partial charge in [-0.25, -0.2) is 4.98 Å². The van der Waals surface area contributed by atoms with E-state index in [-0.39, 0.29) is 0 Å². The van der Waals surface area contributed by atoms with E-state index >= 15 is 0 Å². The summed E-state index contributed by atoms with van der Waals surface area (Å²) in [7, 11) is 0. The van der Waals surface area contributed by atoms with Gasteiger partial charge in [-0.3, -0.25) is 0 Å². The van der Waals surface area contributed by atoms with Gasteiger partial charge >= 0.3 is 0 Å². The van der Waals surface area contributed by atoms with E-state index in [4.69, 9.17) is 0 Å². The first-order valence-corrected chi connectivity index (χ1v) is 8.61. The van der Waals surface area contributed by atoms with Crippen molar-refractivity contribution in [2.75, 3.05) is 5.32 Å². The molecule has 20 heavy (non-hydrogen) atoms. The number of anilines is 1. The fourth-order valence-corrected chi connectivity index (χ4v) is 4.24. The van der Waals surface area contributed by atoms with E-state index in [0.29, 0.717) is 6.04 Å². The molecule has 3 atom stereocenters. The summed E-state index contributed by atoms with van der Waals surface area (Å²) >= 11 is 1.72. The van der Waals surface area contributed by atoms with Crippen LogP contribution in [0.1, 0.15) is 40.0 Å². The monoisotopic (exact) mass is 288 g/mol. The Morgan fingerprint density at radius 1 is 1.30 bits per heavy atom. The molecule has 2 aromatic rings. The second-order valence-corrected chi connectivity index (χ2v) is 7.50. The number of nitrogens with zero attached hydrogens (tertiary/aromatic N) is 1. The average molecular weight is 288 g/mol. The lowest BCUT2D eigenvalue weighted by Crippen LogP contribution is -2.37. The molecule has 3 heteroatoms. The van der Waals surface area contributed by atoms with Crippen molar-refractivity contribution in [3.63, 3.8) is 0 Å². The van der Waals surface area contributed by atoms with Crippen LogP contribution in [0.5, 0.6) is 0 Å². The standard InChI is InChI=1S/C17H24N2S/c1-11(2)14-6-4-12(3)8-16(14)19-13-5-7-15-17(9-13)20-10-18-15/h5,7,9-12,14,16,19H,4,6,8H2,1-3H3. The summed E-state index contributed by atoms with van der Waals surface area (Å²) in [6, 6.07) is 7.18. The molecule has 0 saturated heterocycles. The zero-order chi connectivity index (χ0) is 14.1. The molecule has 1 N–H and O–H groups in total. The summed E-state index contributed by atoms with van der Waals surface area (Å²) in [4.78, 5) is 4.35. The third-order valence-electron chi connectivity index (χ3n) is 4.71. The summed E-state index contributed by atoms with van der Waals surface area (Å²) in [6.07, 6.45) is 4.04. The van der Waals surface area contributed by atoms with E-state index in [2.05, 4.69) is 49.3 Å². The second-order valence-electron chi connectivity index (χ2n) is 6.61. The summed E-state index contributed by atoms with van der Waals surface area (Å²) < 4.78 is 1.28. The molecule has 2 nitrogen and oxygen atoms in total. The second kappa shape index (κ2) is 5.72. The molecular weight excluding hydrogens is 264 g/mol. The molecule has 0 spiro atoms. The fourth-order valence-electron chi connectivity index (χ4n) is 3.53. The third kappa shape index (κ3) is 2.83. The third-order valence-corrected chi connectivity index (χ3v) is 5.50. The SMILES string of the molecule is CC1CCC(C(C)C)C(Nc2ccc3ncsc3c2)C1. The van der Waals surface area contributed by atoms with Gasteiger partial charge in [0.05, 0.1) is 15.7 Å². The predicted molar refractivity (Wildman–Crippen MR) is 88.4 cm³/mol. The van der Waals surface area contributed by atoms with Gasteiger partial charge in [0, 0.05) is 11.7 Å². The van der Waals surface area contributed by atoms with Gasteiger partial charge in [0.15, 0.2) is 0 Å². The molecule has 1 heterocycles. The van der Waals surface area contributed by atoms with Crippen molar-refractivity contribution in [1.29, 1.82) is 0 Å². The molecule has 1 aliphatic carbocycles. The van der Waals surface area contributed by atoms with Gasteiger partial charge in [0.25, 0.3) is 0 Å². The smallest absolute Gasteiger partial charge is 0.0813 e. The maximum Gasteiger partial charge on any atom is 0.0813 e. The normalized spacial score (nSPS) is 27.1. The van der Waals surface area contributed by atoms with Crippen molar-refractivity contribution < 1.29 is 0 Å². The quantitative estimate of drug-likeness (QED) is 0.843. The van der Waals surface area contributed by atoms with Crippen LogP contribution in [0.15, 0.2) is 23.7 Å². The first-order chi connectivity index (χ1) is 9.63. The molecule has 0 radical (unpaired) electrons. The zero-order valence-corrected chi connectivity index (χ0v) is 13.4. The van der Waals surface area contributed by atoms with Crippen LogP contribution in [0.25, 0.3) is 10.2 Å². The number of hydrogen-bond donors (Lipinski definition) is 1. The topological polar surface area (TPSA) is 24.9 Å². The van der Waals surface area contributed by atoms with Crippen molar-refractivity contribution in [2.45, 2.75) is 46.1 Å². The van der Waals surface area contributed by atoms with Crippen LogP contribution in [0.2, 0.25) is 0 Å². The highest BCUT2D eigenvalue weighted by Crippen LogP contribution is 2.35. The van der Waals surface area contributed by atoms with Crippen LogP contribution in [-0.4, -0.2) is 11.0 Å².